The number of nitrogens with zero attached hydrogens (tertiary/aromatic N) is 1. The van der Waals surface area contributed by atoms with Crippen LogP contribution in [-0.2, 0) is 11.3 Å². The summed E-state index contributed by atoms with van der Waals surface area (Å²) in [6, 6.07) is 17.9. The minimum absolute atomic E-state index is 0.0193. The number of amides is 1. The average Bonchev–Trinajstić information content (AvgIpc) is 2.52. The van der Waals surface area contributed by atoms with E-state index >= 15 is 0 Å². The van der Waals surface area contributed by atoms with Crippen molar-refractivity contribution in [2.75, 3.05) is 30.9 Å². The van der Waals surface area contributed by atoms with E-state index in [1.807, 2.05) is 73.6 Å². The number of benzene rings is 2. The van der Waals surface area contributed by atoms with Gasteiger partial charge in [-0.15, -0.1) is 0 Å². The molecule has 0 heterocycles. The van der Waals surface area contributed by atoms with Gasteiger partial charge in [-0.2, -0.15) is 0 Å². The van der Waals surface area contributed by atoms with E-state index in [2.05, 4.69) is 10.6 Å². The number of carbonyl (C=O) groups is 1. The van der Waals surface area contributed by atoms with Crippen molar-refractivity contribution in [3.8, 4) is 0 Å². The quantitative estimate of drug-likeness (QED) is 0.856. The summed E-state index contributed by atoms with van der Waals surface area (Å²) in [6.45, 7) is 0.822. The van der Waals surface area contributed by atoms with E-state index in [1.54, 1.807) is 0 Å². The number of hydrogen-bond acceptors (Lipinski definition) is 3. The Balaban J connectivity index is 1.80. The molecule has 2 rings (SSSR count). The SMILES string of the molecule is CN(C)c1cccc(NCC(=O)NCc2ccccc2)c1. The van der Waals surface area contributed by atoms with Crippen molar-refractivity contribution in [2.24, 2.45) is 0 Å². The highest BCUT2D eigenvalue weighted by molar-refractivity contribution is 5.80. The second kappa shape index (κ2) is 7.33. The molecule has 21 heavy (non-hydrogen) atoms. The summed E-state index contributed by atoms with van der Waals surface area (Å²) >= 11 is 0. The van der Waals surface area contributed by atoms with Gasteiger partial charge in [-0.25, -0.2) is 0 Å². The molecule has 2 aromatic carbocycles. The van der Waals surface area contributed by atoms with Crippen LogP contribution in [0.25, 0.3) is 0 Å². The van der Waals surface area contributed by atoms with Gasteiger partial charge in [0.15, 0.2) is 0 Å². The molecule has 0 aliphatic rings. The van der Waals surface area contributed by atoms with Crippen molar-refractivity contribution >= 4 is 17.3 Å². The molecule has 2 aromatic rings. The molecule has 0 spiro atoms. The van der Waals surface area contributed by atoms with E-state index in [4.69, 9.17) is 0 Å². The van der Waals surface area contributed by atoms with Crippen molar-refractivity contribution in [3.05, 3.63) is 60.2 Å². The summed E-state index contributed by atoms with van der Waals surface area (Å²) in [5, 5.41) is 6.03. The molecule has 0 saturated heterocycles. The van der Waals surface area contributed by atoms with Gasteiger partial charge in [-0.1, -0.05) is 36.4 Å². The van der Waals surface area contributed by atoms with E-state index < -0.39 is 0 Å². The highest BCUT2D eigenvalue weighted by Crippen LogP contribution is 2.16. The molecule has 110 valence electrons. The molecule has 4 heteroatoms. The second-order valence-corrected chi connectivity index (χ2v) is 5.06. The molecule has 0 bridgehead atoms. The van der Waals surface area contributed by atoms with Crippen LogP contribution < -0.4 is 15.5 Å². The minimum Gasteiger partial charge on any atom is -0.378 e. The second-order valence-electron chi connectivity index (χ2n) is 5.06. The third-order valence-corrected chi connectivity index (χ3v) is 3.15. The summed E-state index contributed by atoms with van der Waals surface area (Å²) in [7, 11) is 3.98. The monoisotopic (exact) mass is 283 g/mol. The molecule has 0 radical (unpaired) electrons. The third kappa shape index (κ3) is 4.84. The Morgan fingerprint density at radius 3 is 2.52 bits per heavy atom. The Labute approximate surface area is 125 Å². The van der Waals surface area contributed by atoms with Crippen molar-refractivity contribution < 1.29 is 4.79 Å². The number of anilines is 2. The van der Waals surface area contributed by atoms with Crippen LogP contribution in [0, 0.1) is 0 Å². The summed E-state index contributed by atoms with van der Waals surface area (Å²) < 4.78 is 0. The highest BCUT2D eigenvalue weighted by Gasteiger charge is 2.02. The molecular formula is C17H21N3O. The molecule has 0 aliphatic carbocycles. The normalized spacial score (nSPS) is 10.0. The zero-order valence-corrected chi connectivity index (χ0v) is 12.5. The first-order valence-corrected chi connectivity index (χ1v) is 6.97. The van der Waals surface area contributed by atoms with Crippen LogP contribution in [0.3, 0.4) is 0 Å². The van der Waals surface area contributed by atoms with Gasteiger partial charge in [0.05, 0.1) is 6.54 Å². The van der Waals surface area contributed by atoms with E-state index in [-0.39, 0.29) is 12.5 Å². The van der Waals surface area contributed by atoms with Gasteiger partial charge in [0.1, 0.15) is 0 Å². The first-order chi connectivity index (χ1) is 10.1. The van der Waals surface area contributed by atoms with Crippen molar-refractivity contribution in [3.63, 3.8) is 0 Å². The molecule has 0 aromatic heterocycles. The lowest BCUT2D eigenvalue weighted by Crippen LogP contribution is -2.29. The van der Waals surface area contributed by atoms with Gasteiger partial charge in [-0.3, -0.25) is 4.79 Å². The van der Waals surface area contributed by atoms with E-state index in [0.29, 0.717) is 6.54 Å². The number of hydrogen-bond donors (Lipinski definition) is 2. The van der Waals surface area contributed by atoms with Crippen molar-refractivity contribution in [1.29, 1.82) is 0 Å². The molecule has 0 saturated carbocycles. The molecule has 4 nitrogen and oxygen atoms in total. The zero-order valence-electron chi connectivity index (χ0n) is 12.5. The molecule has 0 unspecified atom stereocenters. The van der Waals surface area contributed by atoms with Gasteiger partial charge in [0.25, 0.3) is 0 Å². The minimum atomic E-state index is -0.0193. The first-order valence-electron chi connectivity index (χ1n) is 6.97. The zero-order chi connectivity index (χ0) is 15.1. The maximum Gasteiger partial charge on any atom is 0.239 e. The number of nitrogens with one attached hydrogen (secondary N) is 2. The molecule has 1 amide bonds. The summed E-state index contributed by atoms with van der Waals surface area (Å²) in [5.41, 5.74) is 3.14. The Morgan fingerprint density at radius 1 is 1.05 bits per heavy atom. The van der Waals surface area contributed by atoms with Gasteiger partial charge in [0, 0.05) is 32.0 Å². The lowest BCUT2D eigenvalue weighted by Gasteiger charge is -2.14. The van der Waals surface area contributed by atoms with Crippen LogP contribution in [0.5, 0.6) is 0 Å². The van der Waals surface area contributed by atoms with Crippen LogP contribution in [0.2, 0.25) is 0 Å². The molecular weight excluding hydrogens is 262 g/mol. The Hall–Kier alpha value is -2.49. The summed E-state index contributed by atoms with van der Waals surface area (Å²) in [5.74, 6) is -0.0193. The van der Waals surface area contributed by atoms with Gasteiger partial charge in [0.2, 0.25) is 5.91 Å². The molecule has 0 fully saturated rings. The largest absolute Gasteiger partial charge is 0.378 e. The predicted molar refractivity (Wildman–Crippen MR) is 87.5 cm³/mol. The standard InChI is InChI=1S/C17H21N3O/c1-20(2)16-10-6-9-15(11-16)18-13-17(21)19-12-14-7-4-3-5-8-14/h3-11,18H,12-13H2,1-2H3,(H,19,21). The molecule has 0 aliphatic heterocycles. The Bertz CT molecular complexity index is 582. The highest BCUT2D eigenvalue weighted by atomic mass is 16.1. The van der Waals surface area contributed by atoms with Gasteiger partial charge >= 0.3 is 0 Å². The molecule has 2 N–H and O–H groups in total. The maximum atomic E-state index is 11.8. The van der Waals surface area contributed by atoms with Gasteiger partial charge < -0.3 is 15.5 Å². The predicted octanol–water partition coefficient (Wildman–Crippen LogP) is 2.48. The fraction of sp³-hybridized carbons (Fsp3) is 0.235. The Morgan fingerprint density at radius 2 is 1.81 bits per heavy atom. The van der Waals surface area contributed by atoms with Crippen molar-refractivity contribution in [1.82, 2.24) is 5.32 Å². The van der Waals surface area contributed by atoms with Crippen LogP contribution in [0.1, 0.15) is 5.56 Å². The van der Waals surface area contributed by atoms with Crippen LogP contribution in [0.4, 0.5) is 11.4 Å². The topological polar surface area (TPSA) is 44.4 Å². The van der Waals surface area contributed by atoms with Gasteiger partial charge in [-0.05, 0) is 23.8 Å². The van der Waals surface area contributed by atoms with E-state index in [0.717, 1.165) is 16.9 Å². The van der Waals surface area contributed by atoms with Crippen LogP contribution in [-0.4, -0.2) is 26.5 Å². The van der Waals surface area contributed by atoms with Crippen LogP contribution >= 0.6 is 0 Å². The Kier molecular flexibility index (Phi) is 5.21. The van der Waals surface area contributed by atoms with Crippen molar-refractivity contribution in [2.45, 2.75) is 6.54 Å². The van der Waals surface area contributed by atoms with E-state index in [1.165, 1.54) is 0 Å². The third-order valence-electron chi connectivity index (χ3n) is 3.15. The summed E-state index contributed by atoms with van der Waals surface area (Å²) in [6.07, 6.45) is 0. The molecule has 0 atom stereocenters. The maximum absolute atomic E-state index is 11.8. The average molecular weight is 283 g/mol. The summed E-state index contributed by atoms with van der Waals surface area (Å²) in [4.78, 5) is 13.9. The fourth-order valence-electron chi connectivity index (χ4n) is 1.94. The van der Waals surface area contributed by atoms with Crippen LogP contribution in [0.15, 0.2) is 54.6 Å². The lowest BCUT2D eigenvalue weighted by molar-refractivity contribution is -0.119. The fourth-order valence-corrected chi connectivity index (χ4v) is 1.94. The lowest BCUT2D eigenvalue weighted by atomic mass is 10.2. The first kappa shape index (κ1) is 14.9. The number of carbonyl (C=O) groups excluding carboxylic acids is 1. The number of rotatable bonds is 6. The van der Waals surface area contributed by atoms with E-state index in [9.17, 15) is 4.79 Å². The smallest absolute Gasteiger partial charge is 0.239 e.